The lowest BCUT2D eigenvalue weighted by atomic mass is 9.91. The van der Waals surface area contributed by atoms with Crippen LogP contribution in [0.15, 0.2) is 41.4 Å². The lowest BCUT2D eigenvalue weighted by Crippen LogP contribution is -2.41. The number of fused-ring (bicyclic) bond motifs is 1. The van der Waals surface area contributed by atoms with E-state index in [4.69, 9.17) is 4.74 Å². The Labute approximate surface area is 145 Å². The summed E-state index contributed by atoms with van der Waals surface area (Å²) in [7, 11) is 0. The molecule has 3 atom stereocenters. The predicted octanol–water partition coefficient (Wildman–Crippen LogP) is 2.76. The summed E-state index contributed by atoms with van der Waals surface area (Å²) in [5.74, 6) is 0.440. The van der Waals surface area contributed by atoms with Crippen LogP contribution in [-0.2, 0) is 16.1 Å². The van der Waals surface area contributed by atoms with Crippen molar-refractivity contribution in [3.63, 3.8) is 0 Å². The summed E-state index contributed by atoms with van der Waals surface area (Å²) in [5.41, 5.74) is 2.09. The number of aromatic nitrogens is 1. The van der Waals surface area contributed by atoms with Crippen molar-refractivity contribution in [1.82, 2.24) is 9.88 Å². The van der Waals surface area contributed by atoms with Crippen LogP contribution >= 0.6 is 11.3 Å². The zero-order valence-electron chi connectivity index (χ0n) is 13.4. The van der Waals surface area contributed by atoms with Gasteiger partial charge in [0.2, 0.25) is 0 Å². The summed E-state index contributed by atoms with van der Waals surface area (Å²) in [6.07, 6.45) is 5.10. The Bertz CT molecular complexity index is 677. The third-order valence-corrected chi connectivity index (χ3v) is 5.58. The molecule has 4 heterocycles. The van der Waals surface area contributed by atoms with Crippen LogP contribution in [0, 0.1) is 5.92 Å². The van der Waals surface area contributed by atoms with E-state index >= 15 is 0 Å². The first-order valence-corrected chi connectivity index (χ1v) is 9.32. The Morgan fingerprint density at radius 2 is 2.42 bits per heavy atom. The molecule has 2 aromatic heterocycles. The Kier molecular flexibility index (Phi) is 4.60. The summed E-state index contributed by atoms with van der Waals surface area (Å²) < 4.78 is 6.08. The van der Waals surface area contributed by atoms with E-state index in [1.807, 2.05) is 12.1 Å². The van der Waals surface area contributed by atoms with E-state index in [-0.39, 0.29) is 18.1 Å². The van der Waals surface area contributed by atoms with Crippen LogP contribution in [-0.4, -0.2) is 41.1 Å². The number of amides is 1. The summed E-state index contributed by atoms with van der Waals surface area (Å²) >= 11 is 1.74. The third-order valence-electron chi connectivity index (χ3n) is 4.84. The Morgan fingerprint density at radius 3 is 3.21 bits per heavy atom. The van der Waals surface area contributed by atoms with E-state index in [0.717, 1.165) is 38.2 Å². The number of thiophene rings is 1. The van der Waals surface area contributed by atoms with Crippen molar-refractivity contribution >= 4 is 22.9 Å². The molecule has 2 fully saturated rings. The van der Waals surface area contributed by atoms with E-state index in [9.17, 15) is 4.79 Å². The van der Waals surface area contributed by atoms with Gasteiger partial charge in [0.1, 0.15) is 6.10 Å². The summed E-state index contributed by atoms with van der Waals surface area (Å²) in [6.45, 7) is 2.97. The van der Waals surface area contributed by atoms with Crippen molar-refractivity contribution in [1.29, 1.82) is 0 Å². The highest BCUT2D eigenvalue weighted by molar-refractivity contribution is 7.07. The summed E-state index contributed by atoms with van der Waals surface area (Å²) in [6, 6.07) is 5.83. The molecule has 0 aliphatic carbocycles. The first-order valence-electron chi connectivity index (χ1n) is 8.38. The average Bonchev–Trinajstić information content (AvgIpc) is 3.25. The van der Waals surface area contributed by atoms with Crippen molar-refractivity contribution < 1.29 is 9.53 Å². The van der Waals surface area contributed by atoms with Gasteiger partial charge in [0.05, 0.1) is 18.0 Å². The number of hydrogen-bond donors (Lipinski definition) is 1. The van der Waals surface area contributed by atoms with Crippen molar-refractivity contribution in [3.8, 4) is 0 Å². The summed E-state index contributed by atoms with van der Waals surface area (Å²) in [5, 5.41) is 7.22. The first-order chi connectivity index (χ1) is 11.8. The fourth-order valence-corrected chi connectivity index (χ4v) is 4.27. The number of nitrogens with one attached hydrogen (secondary N) is 1. The molecule has 24 heavy (non-hydrogen) atoms. The van der Waals surface area contributed by atoms with Gasteiger partial charge in [-0.15, -0.1) is 0 Å². The molecule has 0 radical (unpaired) electrons. The molecule has 6 heteroatoms. The highest BCUT2D eigenvalue weighted by atomic mass is 32.1. The van der Waals surface area contributed by atoms with Crippen LogP contribution in [0.2, 0.25) is 0 Å². The van der Waals surface area contributed by atoms with Crippen LogP contribution < -0.4 is 5.32 Å². The quantitative estimate of drug-likeness (QED) is 0.927. The lowest BCUT2D eigenvalue weighted by Gasteiger charge is -2.33. The van der Waals surface area contributed by atoms with Crippen LogP contribution in [0.4, 0.5) is 5.69 Å². The first kappa shape index (κ1) is 15.7. The van der Waals surface area contributed by atoms with Gasteiger partial charge in [-0.05, 0) is 59.8 Å². The second kappa shape index (κ2) is 7.01. The zero-order chi connectivity index (χ0) is 16.4. The average molecular weight is 343 g/mol. The molecular weight excluding hydrogens is 322 g/mol. The van der Waals surface area contributed by atoms with Gasteiger partial charge >= 0.3 is 0 Å². The van der Waals surface area contributed by atoms with E-state index in [0.29, 0.717) is 5.92 Å². The minimum atomic E-state index is -0.346. The van der Waals surface area contributed by atoms with Crippen LogP contribution in [0.5, 0.6) is 0 Å². The Hall–Kier alpha value is -1.76. The molecule has 0 aromatic carbocycles. The molecule has 2 aliphatic rings. The molecular formula is C18H21N3O2S. The van der Waals surface area contributed by atoms with Gasteiger partial charge < -0.3 is 10.1 Å². The van der Waals surface area contributed by atoms with Gasteiger partial charge in [-0.25, -0.2) is 0 Å². The standard InChI is InChI=1S/C18H21N3O2S/c22-18(20-15-2-1-5-19-9-15)16-8-14-3-6-21(11-17(14)23-16)10-13-4-7-24-12-13/h1-2,4-5,7,9,12,14,16-17H,3,6,8,10-11H2,(H,20,22)/t14-,16+,17-/m0/s1. The van der Waals surface area contributed by atoms with Gasteiger partial charge in [0.15, 0.2) is 0 Å². The zero-order valence-corrected chi connectivity index (χ0v) is 14.2. The van der Waals surface area contributed by atoms with E-state index in [1.165, 1.54) is 5.56 Å². The number of pyridine rings is 1. The van der Waals surface area contributed by atoms with Crippen LogP contribution in [0.25, 0.3) is 0 Å². The van der Waals surface area contributed by atoms with Gasteiger partial charge in [0, 0.05) is 19.3 Å². The lowest BCUT2D eigenvalue weighted by molar-refractivity contribution is -0.127. The van der Waals surface area contributed by atoms with Crippen molar-refractivity contribution in [3.05, 3.63) is 46.9 Å². The number of nitrogens with zero attached hydrogens (tertiary/aromatic N) is 2. The number of carbonyl (C=O) groups excluding carboxylic acids is 1. The van der Waals surface area contributed by atoms with Crippen molar-refractivity contribution in [2.75, 3.05) is 18.4 Å². The monoisotopic (exact) mass is 343 g/mol. The van der Waals surface area contributed by atoms with Crippen LogP contribution in [0.1, 0.15) is 18.4 Å². The minimum absolute atomic E-state index is 0.0539. The molecule has 2 aliphatic heterocycles. The molecule has 1 amide bonds. The maximum Gasteiger partial charge on any atom is 0.253 e. The molecule has 5 nitrogen and oxygen atoms in total. The number of anilines is 1. The normalized spacial score (nSPS) is 26.9. The molecule has 1 N–H and O–H groups in total. The fourth-order valence-electron chi connectivity index (χ4n) is 3.61. The van der Waals surface area contributed by atoms with Crippen molar-refractivity contribution in [2.45, 2.75) is 31.6 Å². The fraction of sp³-hybridized carbons (Fsp3) is 0.444. The Morgan fingerprint density at radius 1 is 1.46 bits per heavy atom. The van der Waals surface area contributed by atoms with Crippen molar-refractivity contribution in [2.24, 2.45) is 5.92 Å². The topological polar surface area (TPSA) is 54.5 Å². The SMILES string of the molecule is O=C(Nc1cccnc1)[C@H]1C[C@@H]2CCN(Cc3ccsc3)C[C@@H]2O1. The van der Waals surface area contributed by atoms with Crippen LogP contribution in [0.3, 0.4) is 0 Å². The molecule has 2 saturated heterocycles. The van der Waals surface area contributed by atoms with Gasteiger partial charge in [0.25, 0.3) is 5.91 Å². The smallest absolute Gasteiger partial charge is 0.253 e. The molecule has 0 unspecified atom stereocenters. The molecule has 4 rings (SSSR count). The number of ether oxygens (including phenoxy) is 1. The second-order valence-electron chi connectivity index (χ2n) is 6.55. The van der Waals surface area contributed by atoms with E-state index < -0.39 is 0 Å². The molecule has 0 saturated carbocycles. The summed E-state index contributed by atoms with van der Waals surface area (Å²) in [4.78, 5) is 18.9. The number of carbonyl (C=O) groups is 1. The number of hydrogen-bond acceptors (Lipinski definition) is 5. The highest BCUT2D eigenvalue weighted by Gasteiger charge is 2.41. The molecule has 0 spiro atoms. The Balaban J connectivity index is 1.33. The molecule has 0 bridgehead atoms. The number of piperidine rings is 1. The number of likely N-dealkylation sites (tertiary alicyclic amines) is 1. The molecule has 2 aromatic rings. The second-order valence-corrected chi connectivity index (χ2v) is 7.33. The predicted molar refractivity (Wildman–Crippen MR) is 93.8 cm³/mol. The minimum Gasteiger partial charge on any atom is -0.364 e. The van der Waals surface area contributed by atoms with Gasteiger partial charge in [-0.3, -0.25) is 14.7 Å². The van der Waals surface area contributed by atoms with Gasteiger partial charge in [-0.1, -0.05) is 0 Å². The van der Waals surface area contributed by atoms with Gasteiger partial charge in [-0.2, -0.15) is 11.3 Å². The van der Waals surface area contributed by atoms with E-state index in [1.54, 1.807) is 23.7 Å². The van der Waals surface area contributed by atoms with E-state index in [2.05, 4.69) is 32.0 Å². The molecule has 126 valence electrons. The maximum absolute atomic E-state index is 12.4. The highest BCUT2D eigenvalue weighted by Crippen LogP contribution is 2.34. The largest absolute Gasteiger partial charge is 0.364 e. The number of rotatable bonds is 4. The maximum atomic E-state index is 12.4. The third kappa shape index (κ3) is 3.50.